The lowest BCUT2D eigenvalue weighted by molar-refractivity contribution is 0.1000. The van der Waals surface area contributed by atoms with Gasteiger partial charge in [0.05, 0.1) is 5.56 Å². The third-order valence-corrected chi connectivity index (χ3v) is 3.44. The number of hydrogen-bond acceptors (Lipinski definition) is 5. The Morgan fingerprint density at radius 3 is 2.65 bits per heavy atom. The summed E-state index contributed by atoms with van der Waals surface area (Å²) in [4.78, 5) is 15.1. The van der Waals surface area contributed by atoms with Crippen LogP contribution in [0.1, 0.15) is 15.9 Å². The molecule has 2 aromatic rings. The third kappa shape index (κ3) is 4.21. The van der Waals surface area contributed by atoms with E-state index < -0.39 is 12.1 Å². The quantitative estimate of drug-likeness (QED) is 0.605. The van der Waals surface area contributed by atoms with Crippen molar-refractivity contribution in [1.29, 1.82) is 0 Å². The molecule has 0 spiro atoms. The molecule has 23 heavy (non-hydrogen) atoms. The number of hydrogen-bond donors (Lipinski definition) is 4. The number of amides is 1. The Labute approximate surface area is 139 Å². The van der Waals surface area contributed by atoms with Crippen LogP contribution in [0.3, 0.4) is 0 Å². The number of aliphatic hydroxyl groups is 1. The molecule has 0 aliphatic rings. The fraction of sp³-hybridized carbons (Fsp3) is 0.125. The van der Waals surface area contributed by atoms with Crippen molar-refractivity contribution in [1.82, 2.24) is 10.3 Å². The van der Waals surface area contributed by atoms with Crippen molar-refractivity contribution in [3.8, 4) is 0 Å². The average Bonchev–Trinajstić information content (AvgIpc) is 2.54. The topological polar surface area (TPSA) is 100 Å². The lowest BCUT2D eigenvalue weighted by atomic mass is 10.1. The van der Waals surface area contributed by atoms with E-state index in [1.807, 2.05) is 12.1 Å². The molecular formula is C16H17ClN4O2. The minimum absolute atomic E-state index is 0.294. The van der Waals surface area contributed by atoms with E-state index in [1.54, 1.807) is 31.4 Å². The number of benzene rings is 1. The van der Waals surface area contributed by atoms with Crippen LogP contribution in [-0.4, -0.2) is 29.3 Å². The van der Waals surface area contributed by atoms with Gasteiger partial charge in [0.15, 0.2) is 6.23 Å². The Hall–Kier alpha value is -2.57. The second-order valence-corrected chi connectivity index (χ2v) is 5.12. The van der Waals surface area contributed by atoms with Crippen LogP contribution in [0, 0.1) is 0 Å². The van der Waals surface area contributed by atoms with Gasteiger partial charge in [-0.05, 0) is 18.2 Å². The summed E-state index contributed by atoms with van der Waals surface area (Å²) in [5, 5.41) is 16.7. The largest absolute Gasteiger partial charge is 0.394 e. The third-order valence-electron chi connectivity index (χ3n) is 3.11. The fourth-order valence-corrected chi connectivity index (χ4v) is 2.24. The molecule has 1 unspecified atom stereocenters. The lowest BCUT2D eigenvalue weighted by Gasteiger charge is -2.18. The number of carbonyl (C=O) groups excluding carboxylic acids is 1. The smallest absolute Gasteiger partial charge is 0.250 e. The van der Waals surface area contributed by atoms with Crippen LogP contribution in [0.2, 0.25) is 5.02 Å². The number of anilines is 1. The second kappa shape index (κ2) is 7.62. The van der Waals surface area contributed by atoms with E-state index in [9.17, 15) is 9.90 Å². The number of aromatic nitrogens is 1. The molecule has 0 fully saturated rings. The van der Waals surface area contributed by atoms with Crippen LogP contribution >= 0.6 is 11.6 Å². The first-order valence-electron chi connectivity index (χ1n) is 6.85. The predicted molar refractivity (Wildman–Crippen MR) is 90.9 cm³/mol. The standard InChI is InChI=1S/C16H17ClN4O2/c1-19-9-12(11-4-2-3-5-13(11)17)16(23)21-14-7-6-10(8-20-14)15(18)22/h2-9,16,19,23H,1H3,(H2,18,22)(H,20,21)/b12-9-. The average molecular weight is 333 g/mol. The molecule has 0 radical (unpaired) electrons. The zero-order chi connectivity index (χ0) is 16.8. The number of rotatable bonds is 6. The van der Waals surface area contributed by atoms with Crippen molar-refractivity contribution in [2.45, 2.75) is 6.23 Å². The molecule has 0 saturated heterocycles. The molecule has 6 nitrogen and oxygen atoms in total. The number of nitrogens with two attached hydrogens (primary N) is 1. The molecule has 5 N–H and O–H groups in total. The maximum absolute atomic E-state index is 11.0. The van der Waals surface area contributed by atoms with Gasteiger partial charge in [0.25, 0.3) is 0 Å². The maximum atomic E-state index is 11.0. The highest BCUT2D eigenvalue weighted by Gasteiger charge is 2.16. The van der Waals surface area contributed by atoms with E-state index >= 15 is 0 Å². The summed E-state index contributed by atoms with van der Waals surface area (Å²) in [6.07, 6.45) is 1.94. The van der Waals surface area contributed by atoms with Crippen molar-refractivity contribution >= 4 is 28.9 Å². The van der Waals surface area contributed by atoms with Gasteiger partial charge in [-0.25, -0.2) is 4.98 Å². The van der Waals surface area contributed by atoms with Gasteiger partial charge >= 0.3 is 0 Å². The predicted octanol–water partition coefficient (Wildman–Crippen LogP) is 1.82. The Morgan fingerprint density at radius 2 is 2.09 bits per heavy atom. The van der Waals surface area contributed by atoms with Crippen LogP contribution in [0.25, 0.3) is 5.57 Å². The fourth-order valence-electron chi connectivity index (χ4n) is 2.00. The van der Waals surface area contributed by atoms with Gasteiger partial charge in [0, 0.05) is 35.6 Å². The van der Waals surface area contributed by atoms with Crippen LogP contribution in [0.4, 0.5) is 5.82 Å². The Morgan fingerprint density at radius 1 is 1.35 bits per heavy atom. The number of carbonyl (C=O) groups is 1. The minimum Gasteiger partial charge on any atom is -0.394 e. The highest BCUT2D eigenvalue weighted by atomic mass is 35.5. The highest BCUT2D eigenvalue weighted by Crippen LogP contribution is 2.26. The molecule has 0 aliphatic carbocycles. The van der Waals surface area contributed by atoms with Gasteiger partial charge in [-0.15, -0.1) is 0 Å². The summed E-state index contributed by atoms with van der Waals surface area (Å²) < 4.78 is 0. The van der Waals surface area contributed by atoms with Gasteiger partial charge in [0.2, 0.25) is 5.91 Å². The van der Waals surface area contributed by atoms with Crippen molar-refractivity contribution in [3.63, 3.8) is 0 Å². The van der Waals surface area contributed by atoms with Crippen LogP contribution in [0.15, 0.2) is 48.8 Å². The molecule has 7 heteroatoms. The van der Waals surface area contributed by atoms with E-state index in [2.05, 4.69) is 15.6 Å². The molecule has 1 aromatic carbocycles. The minimum atomic E-state index is -1.05. The summed E-state index contributed by atoms with van der Waals surface area (Å²) in [5.74, 6) is -0.159. The molecule has 120 valence electrons. The number of aliphatic hydroxyl groups excluding tert-OH is 1. The van der Waals surface area contributed by atoms with Crippen LogP contribution < -0.4 is 16.4 Å². The first-order valence-corrected chi connectivity index (χ1v) is 7.23. The first-order chi connectivity index (χ1) is 11.0. The van der Waals surface area contributed by atoms with Crippen LogP contribution in [0.5, 0.6) is 0 Å². The molecule has 1 amide bonds. The van der Waals surface area contributed by atoms with E-state index in [4.69, 9.17) is 17.3 Å². The monoisotopic (exact) mass is 332 g/mol. The molecule has 1 heterocycles. The van der Waals surface area contributed by atoms with E-state index in [-0.39, 0.29) is 0 Å². The van der Waals surface area contributed by atoms with E-state index in [0.717, 1.165) is 0 Å². The summed E-state index contributed by atoms with van der Waals surface area (Å²) in [6, 6.07) is 10.3. The van der Waals surface area contributed by atoms with Crippen molar-refractivity contribution in [2.24, 2.45) is 5.73 Å². The summed E-state index contributed by atoms with van der Waals surface area (Å²) in [6.45, 7) is 0. The molecule has 2 rings (SSSR count). The van der Waals surface area contributed by atoms with Gasteiger partial charge in [-0.3, -0.25) is 4.79 Å². The summed E-state index contributed by atoms with van der Waals surface area (Å²) in [7, 11) is 1.73. The van der Waals surface area contributed by atoms with Crippen molar-refractivity contribution in [2.75, 3.05) is 12.4 Å². The van der Waals surface area contributed by atoms with E-state index in [1.165, 1.54) is 12.3 Å². The number of pyridine rings is 1. The molecule has 0 aliphatic heterocycles. The van der Waals surface area contributed by atoms with Gasteiger partial charge in [-0.2, -0.15) is 0 Å². The Bertz CT molecular complexity index is 716. The van der Waals surface area contributed by atoms with Gasteiger partial charge < -0.3 is 21.5 Å². The van der Waals surface area contributed by atoms with E-state index in [0.29, 0.717) is 27.5 Å². The highest BCUT2D eigenvalue weighted by molar-refractivity contribution is 6.32. The lowest BCUT2D eigenvalue weighted by Crippen LogP contribution is -2.23. The number of nitrogens with zero attached hydrogens (tertiary/aromatic N) is 1. The summed E-state index contributed by atoms with van der Waals surface area (Å²) >= 11 is 6.18. The Balaban J connectivity index is 2.22. The second-order valence-electron chi connectivity index (χ2n) is 4.71. The van der Waals surface area contributed by atoms with Crippen molar-refractivity contribution < 1.29 is 9.90 Å². The number of nitrogens with one attached hydrogen (secondary N) is 2. The zero-order valence-electron chi connectivity index (χ0n) is 12.5. The zero-order valence-corrected chi connectivity index (χ0v) is 13.2. The van der Waals surface area contributed by atoms with Gasteiger partial charge in [-0.1, -0.05) is 29.8 Å². The summed E-state index contributed by atoms with van der Waals surface area (Å²) in [5.41, 5.74) is 6.70. The van der Waals surface area contributed by atoms with Crippen LogP contribution in [-0.2, 0) is 0 Å². The Kier molecular flexibility index (Phi) is 5.56. The number of halogens is 1. The van der Waals surface area contributed by atoms with Crippen molar-refractivity contribution in [3.05, 3.63) is 64.9 Å². The van der Waals surface area contributed by atoms with Gasteiger partial charge in [0.1, 0.15) is 5.82 Å². The number of primary amides is 1. The molecular weight excluding hydrogens is 316 g/mol. The normalized spacial score (nSPS) is 12.6. The molecule has 0 saturated carbocycles. The SMILES string of the molecule is CN/C=C(/c1ccccc1Cl)C(O)Nc1ccc(C(N)=O)cn1. The molecule has 0 bridgehead atoms. The molecule has 1 aromatic heterocycles. The first kappa shape index (κ1) is 16.8. The maximum Gasteiger partial charge on any atom is 0.250 e. The molecule has 1 atom stereocenters.